The Hall–Kier alpha value is -0.610. The van der Waals surface area contributed by atoms with Gasteiger partial charge in [0.05, 0.1) is 7.11 Å². The van der Waals surface area contributed by atoms with Gasteiger partial charge in [-0.2, -0.15) is 0 Å². The van der Waals surface area contributed by atoms with Gasteiger partial charge >= 0.3 is 5.97 Å². The van der Waals surface area contributed by atoms with Crippen molar-refractivity contribution in [2.24, 2.45) is 11.7 Å². The quantitative estimate of drug-likeness (QED) is 0.713. The third-order valence-corrected chi connectivity index (χ3v) is 3.42. The molecule has 2 N–H and O–H groups in total. The number of nitrogens with zero attached hydrogens (tertiary/aromatic N) is 1. The molecule has 0 amide bonds. The lowest BCUT2D eigenvalue weighted by Gasteiger charge is -2.28. The van der Waals surface area contributed by atoms with Crippen LogP contribution in [-0.4, -0.2) is 43.2 Å². The average molecular weight is 228 g/mol. The van der Waals surface area contributed by atoms with Gasteiger partial charge in [0, 0.05) is 12.6 Å². The van der Waals surface area contributed by atoms with Crippen LogP contribution in [0.2, 0.25) is 0 Å². The fourth-order valence-corrected chi connectivity index (χ4v) is 2.46. The van der Waals surface area contributed by atoms with Gasteiger partial charge in [-0.15, -0.1) is 0 Å². The van der Waals surface area contributed by atoms with Crippen molar-refractivity contribution in [3.63, 3.8) is 0 Å². The first-order valence-electron chi connectivity index (χ1n) is 6.13. The largest absolute Gasteiger partial charge is 0.468 e. The van der Waals surface area contributed by atoms with Crippen molar-refractivity contribution < 1.29 is 9.53 Å². The molecule has 2 unspecified atom stereocenters. The Balaban J connectivity index is 2.34. The first kappa shape index (κ1) is 13.5. The maximum atomic E-state index is 11.2. The number of hydrogen-bond acceptors (Lipinski definition) is 4. The van der Waals surface area contributed by atoms with E-state index in [0.29, 0.717) is 18.4 Å². The summed E-state index contributed by atoms with van der Waals surface area (Å²) in [5.41, 5.74) is 5.73. The van der Waals surface area contributed by atoms with Crippen LogP contribution in [0, 0.1) is 5.92 Å². The highest BCUT2D eigenvalue weighted by atomic mass is 16.5. The SMILES string of the molecule is COC(=O)C(N)CCN1CCCC1C(C)C. The highest BCUT2D eigenvalue weighted by Gasteiger charge is 2.27. The number of carbonyl (C=O) groups is 1. The highest BCUT2D eigenvalue weighted by Crippen LogP contribution is 2.23. The lowest BCUT2D eigenvalue weighted by Crippen LogP contribution is -2.39. The summed E-state index contributed by atoms with van der Waals surface area (Å²) in [6.45, 7) is 6.54. The minimum atomic E-state index is -0.474. The van der Waals surface area contributed by atoms with Gasteiger partial charge in [-0.3, -0.25) is 4.79 Å². The number of esters is 1. The van der Waals surface area contributed by atoms with Gasteiger partial charge < -0.3 is 15.4 Å². The van der Waals surface area contributed by atoms with Crippen LogP contribution < -0.4 is 5.73 Å². The summed E-state index contributed by atoms with van der Waals surface area (Å²) in [6.07, 6.45) is 3.22. The number of ether oxygens (including phenoxy) is 1. The minimum absolute atomic E-state index is 0.305. The van der Waals surface area contributed by atoms with Crippen molar-refractivity contribution in [3.8, 4) is 0 Å². The Bertz CT molecular complexity index is 231. The number of methoxy groups -OCH3 is 1. The molecule has 1 heterocycles. The zero-order valence-corrected chi connectivity index (χ0v) is 10.6. The molecular weight excluding hydrogens is 204 g/mol. The lowest BCUT2D eigenvalue weighted by atomic mass is 10.0. The molecule has 0 aliphatic carbocycles. The molecule has 16 heavy (non-hydrogen) atoms. The van der Waals surface area contributed by atoms with E-state index in [1.54, 1.807) is 0 Å². The topological polar surface area (TPSA) is 55.6 Å². The van der Waals surface area contributed by atoms with Gasteiger partial charge in [-0.1, -0.05) is 13.8 Å². The van der Waals surface area contributed by atoms with E-state index in [0.717, 1.165) is 13.1 Å². The third kappa shape index (κ3) is 3.46. The maximum absolute atomic E-state index is 11.2. The van der Waals surface area contributed by atoms with Crippen LogP contribution >= 0.6 is 0 Å². The van der Waals surface area contributed by atoms with E-state index in [9.17, 15) is 4.79 Å². The molecule has 4 heteroatoms. The molecule has 0 aromatic carbocycles. The van der Waals surface area contributed by atoms with E-state index < -0.39 is 6.04 Å². The van der Waals surface area contributed by atoms with Crippen LogP contribution in [0.5, 0.6) is 0 Å². The molecule has 1 fully saturated rings. The molecule has 4 nitrogen and oxygen atoms in total. The number of likely N-dealkylation sites (tertiary alicyclic amines) is 1. The molecule has 0 aromatic rings. The maximum Gasteiger partial charge on any atom is 0.322 e. The van der Waals surface area contributed by atoms with E-state index in [4.69, 9.17) is 5.73 Å². The molecule has 1 saturated heterocycles. The van der Waals surface area contributed by atoms with E-state index in [2.05, 4.69) is 23.5 Å². The molecule has 1 aliphatic heterocycles. The Kier molecular flexibility index (Phi) is 5.22. The van der Waals surface area contributed by atoms with E-state index in [1.807, 2.05) is 0 Å². The van der Waals surface area contributed by atoms with Crippen LogP contribution in [0.25, 0.3) is 0 Å². The van der Waals surface area contributed by atoms with Crippen molar-refractivity contribution in [2.45, 2.75) is 45.2 Å². The smallest absolute Gasteiger partial charge is 0.322 e. The van der Waals surface area contributed by atoms with Crippen LogP contribution in [0.15, 0.2) is 0 Å². The van der Waals surface area contributed by atoms with Gasteiger partial charge in [-0.25, -0.2) is 0 Å². The van der Waals surface area contributed by atoms with Gasteiger partial charge in [0.2, 0.25) is 0 Å². The van der Waals surface area contributed by atoms with Crippen LogP contribution in [-0.2, 0) is 9.53 Å². The second-order valence-corrected chi connectivity index (χ2v) is 4.91. The summed E-state index contributed by atoms with van der Waals surface area (Å²) in [5, 5.41) is 0. The average Bonchev–Trinajstić information content (AvgIpc) is 2.72. The molecule has 1 rings (SSSR count). The second kappa shape index (κ2) is 6.21. The normalized spacial score (nSPS) is 23.7. The second-order valence-electron chi connectivity index (χ2n) is 4.91. The molecule has 0 saturated carbocycles. The Morgan fingerprint density at radius 2 is 2.25 bits per heavy atom. The van der Waals surface area contributed by atoms with Gasteiger partial charge in [0.25, 0.3) is 0 Å². The molecular formula is C12H24N2O2. The first-order valence-corrected chi connectivity index (χ1v) is 6.13. The predicted octanol–water partition coefficient (Wildman–Crippen LogP) is 0.997. The van der Waals surface area contributed by atoms with Crippen LogP contribution in [0.4, 0.5) is 0 Å². The highest BCUT2D eigenvalue weighted by molar-refractivity contribution is 5.75. The molecule has 0 aromatic heterocycles. The standard InChI is InChI=1S/C12H24N2O2/c1-9(2)11-5-4-7-14(11)8-6-10(13)12(15)16-3/h9-11H,4-8,13H2,1-3H3. The third-order valence-electron chi connectivity index (χ3n) is 3.42. The zero-order chi connectivity index (χ0) is 12.1. The van der Waals surface area contributed by atoms with Crippen molar-refractivity contribution in [2.75, 3.05) is 20.2 Å². The molecule has 0 radical (unpaired) electrons. The summed E-state index contributed by atoms with van der Waals surface area (Å²) in [6, 6.07) is 0.184. The van der Waals surface area contributed by atoms with E-state index >= 15 is 0 Å². The molecule has 0 spiro atoms. The monoisotopic (exact) mass is 228 g/mol. The number of rotatable bonds is 5. The van der Waals surface area contributed by atoms with Crippen molar-refractivity contribution >= 4 is 5.97 Å². The molecule has 2 atom stereocenters. The first-order chi connectivity index (χ1) is 7.56. The van der Waals surface area contributed by atoms with E-state index in [-0.39, 0.29) is 5.97 Å². The predicted molar refractivity (Wildman–Crippen MR) is 64.0 cm³/mol. The van der Waals surface area contributed by atoms with Gasteiger partial charge in [-0.05, 0) is 31.7 Å². The number of nitrogens with two attached hydrogens (primary N) is 1. The minimum Gasteiger partial charge on any atom is -0.468 e. The van der Waals surface area contributed by atoms with Crippen molar-refractivity contribution in [3.05, 3.63) is 0 Å². The summed E-state index contributed by atoms with van der Waals surface area (Å²) in [5.74, 6) is 0.372. The summed E-state index contributed by atoms with van der Waals surface area (Å²) in [4.78, 5) is 13.6. The fourth-order valence-electron chi connectivity index (χ4n) is 2.46. The molecule has 1 aliphatic rings. The van der Waals surface area contributed by atoms with E-state index in [1.165, 1.54) is 20.0 Å². The summed E-state index contributed by atoms with van der Waals surface area (Å²) in [7, 11) is 1.38. The molecule has 94 valence electrons. The summed E-state index contributed by atoms with van der Waals surface area (Å²) < 4.78 is 4.62. The van der Waals surface area contributed by atoms with Gasteiger partial charge in [0.1, 0.15) is 6.04 Å². The number of carbonyl (C=O) groups excluding carboxylic acids is 1. The van der Waals surface area contributed by atoms with Crippen molar-refractivity contribution in [1.82, 2.24) is 4.90 Å². The Morgan fingerprint density at radius 3 is 2.81 bits per heavy atom. The van der Waals surface area contributed by atoms with Crippen molar-refractivity contribution in [1.29, 1.82) is 0 Å². The Morgan fingerprint density at radius 1 is 1.56 bits per heavy atom. The molecule has 0 bridgehead atoms. The summed E-state index contributed by atoms with van der Waals surface area (Å²) >= 11 is 0. The van der Waals surface area contributed by atoms with Crippen LogP contribution in [0.3, 0.4) is 0 Å². The number of hydrogen-bond donors (Lipinski definition) is 1. The van der Waals surface area contributed by atoms with Crippen LogP contribution in [0.1, 0.15) is 33.1 Å². The zero-order valence-electron chi connectivity index (χ0n) is 10.6. The Labute approximate surface area is 98.1 Å². The van der Waals surface area contributed by atoms with Gasteiger partial charge in [0.15, 0.2) is 0 Å². The lowest BCUT2D eigenvalue weighted by molar-refractivity contribution is -0.142. The fraction of sp³-hybridized carbons (Fsp3) is 0.917.